The van der Waals surface area contributed by atoms with E-state index in [1.165, 1.54) is 56.1 Å². The number of fused-ring (bicyclic) bond motifs is 3. The number of aromatic nitrogens is 2. The first-order valence-electron chi connectivity index (χ1n) is 15.1. The Labute approximate surface area is 227 Å². The molecule has 3 aromatic rings. The summed E-state index contributed by atoms with van der Waals surface area (Å²) in [5.41, 5.74) is 4.10. The van der Waals surface area contributed by atoms with Crippen molar-refractivity contribution in [1.29, 1.82) is 0 Å². The van der Waals surface area contributed by atoms with E-state index in [-0.39, 0.29) is 5.41 Å². The molecule has 38 heavy (non-hydrogen) atoms. The van der Waals surface area contributed by atoms with Gasteiger partial charge in [-0.05, 0) is 94.4 Å². The van der Waals surface area contributed by atoms with Crippen LogP contribution in [0.1, 0.15) is 81.6 Å². The smallest absolute Gasteiger partial charge is 0.225 e. The number of amides is 1. The van der Waals surface area contributed by atoms with Crippen LogP contribution >= 0.6 is 0 Å². The van der Waals surface area contributed by atoms with Gasteiger partial charge in [-0.3, -0.25) is 9.69 Å². The molecule has 200 valence electrons. The first-order valence-corrected chi connectivity index (χ1v) is 15.1. The van der Waals surface area contributed by atoms with Crippen molar-refractivity contribution < 1.29 is 4.79 Å². The highest BCUT2D eigenvalue weighted by atomic mass is 16.2. The third-order valence-corrected chi connectivity index (χ3v) is 10.7. The van der Waals surface area contributed by atoms with Gasteiger partial charge in [-0.1, -0.05) is 48.9 Å². The summed E-state index contributed by atoms with van der Waals surface area (Å²) >= 11 is 0. The maximum Gasteiger partial charge on any atom is 0.225 e. The molecular formula is C33H42N4O. The minimum absolute atomic E-state index is 0.186. The summed E-state index contributed by atoms with van der Waals surface area (Å²) in [6.45, 7) is 5.20. The van der Waals surface area contributed by atoms with Gasteiger partial charge in [0.25, 0.3) is 0 Å². The largest absolute Gasteiger partial charge is 0.342 e. The Morgan fingerprint density at radius 2 is 1.58 bits per heavy atom. The molecule has 1 saturated carbocycles. The molecule has 5 nitrogen and oxygen atoms in total. The van der Waals surface area contributed by atoms with E-state index in [0.29, 0.717) is 30.0 Å². The van der Waals surface area contributed by atoms with Gasteiger partial charge in [-0.15, -0.1) is 0 Å². The number of likely N-dealkylation sites (tertiary alicyclic amines) is 1. The summed E-state index contributed by atoms with van der Waals surface area (Å²) in [6.07, 6.45) is 12.0. The Morgan fingerprint density at radius 3 is 2.26 bits per heavy atom. The molecule has 2 aromatic carbocycles. The Hall–Kier alpha value is -2.66. The van der Waals surface area contributed by atoms with Crippen LogP contribution in [-0.2, 0) is 10.2 Å². The summed E-state index contributed by atoms with van der Waals surface area (Å²) in [6, 6.07) is 21.8. The van der Waals surface area contributed by atoms with Gasteiger partial charge < -0.3 is 9.47 Å². The topological polar surface area (TPSA) is 41.4 Å². The highest BCUT2D eigenvalue weighted by molar-refractivity contribution is 5.79. The van der Waals surface area contributed by atoms with Crippen LogP contribution in [0.5, 0.6) is 0 Å². The molecule has 7 rings (SSSR count). The minimum atomic E-state index is 0.186. The van der Waals surface area contributed by atoms with Crippen molar-refractivity contribution in [3.8, 4) is 0 Å². The molecule has 0 radical (unpaired) electrons. The molecule has 0 spiro atoms. The van der Waals surface area contributed by atoms with Crippen LogP contribution in [0.4, 0.5) is 0 Å². The molecule has 4 aliphatic rings. The monoisotopic (exact) mass is 510 g/mol. The standard InChI is InChI=1S/C33H42N4O/c1-24-34-30-12-5-6-13-31(30)37(24)29-22-27-14-15-28(23-29)36(27)21-18-33(26-10-3-2-4-11-26)16-19-35(20-17-33)32(38)25-8-7-9-25/h2-6,10-13,25,27-29H,7-9,14-23H2,1H3/t27-,28+,29?. The highest BCUT2D eigenvalue weighted by Gasteiger charge is 2.44. The molecule has 0 N–H and O–H groups in total. The number of aryl methyl sites for hydroxylation is 1. The van der Waals surface area contributed by atoms with Crippen LogP contribution in [0.2, 0.25) is 0 Å². The van der Waals surface area contributed by atoms with Crippen molar-refractivity contribution in [3.05, 3.63) is 66.0 Å². The maximum absolute atomic E-state index is 13.0. The number of benzene rings is 2. The van der Waals surface area contributed by atoms with E-state index in [1.54, 1.807) is 0 Å². The van der Waals surface area contributed by atoms with Crippen LogP contribution in [0.3, 0.4) is 0 Å². The highest BCUT2D eigenvalue weighted by Crippen LogP contribution is 2.45. The number of carbonyl (C=O) groups is 1. The summed E-state index contributed by atoms with van der Waals surface area (Å²) in [4.78, 5) is 22.9. The van der Waals surface area contributed by atoms with E-state index in [4.69, 9.17) is 4.98 Å². The van der Waals surface area contributed by atoms with E-state index in [1.807, 2.05) is 0 Å². The van der Waals surface area contributed by atoms with Crippen LogP contribution in [0, 0.1) is 12.8 Å². The molecule has 4 heterocycles. The summed E-state index contributed by atoms with van der Waals surface area (Å²) in [5.74, 6) is 1.91. The normalized spacial score (nSPS) is 27.5. The van der Waals surface area contributed by atoms with E-state index < -0.39 is 0 Å². The van der Waals surface area contributed by atoms with Gasteiger partial charge in [0, 0.05) is 37.1 Å². The van der Waals surface area contributed by atoms with Crippen LogP contribution in [0.25, 0.3) is 11.0 Å². The fourth-order valence-corrected chi connectivity index (χ4v) is 8.33. The average Bonchev–Trinajstić information content (AvgIpc) is 3.37. The van der Waals surface area contributed by atoms with Crippen molar-refractivity contribution in [2.45, 2.75) is 94.7 Å². The van der Waals surface area contributed by atoms with E-state index in [9.17, 15) is 4.79 Å². The number of carbonyl (C=O) groups excluding carboxylic acids is 1. The number of hydrogen-bond donors (Lipinski definition) is 0. The second-order valence-corrected chi connectivity index (χ2v) is 12.6. The third-order valence-electron chi connectivity index (χ3n) is 10.7. The number of para-hydroxylation sites is 2. The number of nitrogens with zero attached hydrogens (tertiary/aromatic N) is 4. The molecule has 1 unspecified atom stereocenters. The fourth-order valence-electron chi connectivity index (χ4n) is 8.33. The van der Waals surface area contributed by atoms with E-state index in [2.05, 4.69) is 75.9 Å². The van der Waals surface area contributed by atoms with Gasteiger partial charge in [0.2, 0.25) is 5.91 Å². The zero-order valence-electron chi connectivity index (χ0n) is 22.9. The Morgan fingerprint density at radius 1 is 0.895 bits per heavy atom. The lowest BCUT2D eigenvalue weighted by Crippen LogP contribution is -2.50. The van der Waals surface area contributed by atoms with Crippen molar-refractivity contribution in [2.75, 3.05) is 19.6 Å². The first-order chi connectivity index (χ1) is 18.6. The van der Waals surface area contributed by atoms with Crippen molar-refractivity contribution >= 4 is 16.9 Å². The summed E-state index contributed by atoms with van der Waals surface area (Å²) in [5, 5.41) is 0. The minimum Gasteiger partial charge on any atom is -0.342 e. The van der Waals surface area contributed by atoms with Gasteiger partial charge in [0.05, 0.1) is 11.0 Å². The number of piperidine rings is 2. The lowest BCUT2D eigenvalue weighted by molar-refractivity contribution is -0.139. The molecule has 4 fully saturated rings. The number of hydrogen-bond acceptors (Lipinski definition) is 3. The molecule has 1 aromatic heterocycles. The molecule has 3 saturated heterocycles. The predicted octanol–water partition coefficient (Wildman–Crippen LogP) is 6.26. The molecule has 5 heteroatoms. The SMILES string of the molecule is Cc1nc2ccccc2n1C1C[C@H]2CC[C@@H](C1)N2CCC1(c2ccccc2)CCN(C(=O)C2CCC2)CC1. The molecule has 2 bridgehead atoms. The Kier molecular flexibility index (Phi) is 6.30. The van der Waals surface area contributed by atoms with Crippen LogP contribution in [0.15, 0.2) is 54.6 Å². The lowest BCUT2D eigenvalue weighted by atomic mass is 9.70. The third kappa shape index (κ3) is 4.18. The molecule has 3 atom stereocenters. The second-order valence-electron chi connectivity index (χ2n) is 12.6. The van der Waals surface area contributed by atoms with Crippen molar-refractivity contribution in [1.82, 2.24) is 19.4 Å². The van der Waals surface area contributed by atoms with Gasteiger partial charge in [-0.2, -0.15) is 0 Å². The molecule has 1 aliphatic carbocycles. The summed E-state index contributed by atoms with van der Waals surface area (Å²) in [7, 11) is 0. The predicted molar refractivity (Wildman–Crippen MR) is 152 cm³/mol. The Bertz CT molecular complexity index is 1270. The van der Waals surface area contributed by atoms with Crippen molar-refractivity contribution in [2.24, 2.45) is 5.92 Å². The fraction of sp³-hybridized carbons (Fsp3) is 0.576. The molecule has 3 aliphatic heterocycles. The second kappa shape index (κ2) is 9.82. The van der Waals surface area contributed by atoms with E-state index in [0.717, 1.165) is 50.1 Å². The maximum atomic E-state index is 13.0. The van der Waals surface area contributed by atoms with E-state index >= 15 is 0 Å². The molecule has 1 amide bonds. The van der Waals surface area contributed by atoms with Crippen molar-refractivity contribution in [3.63, 3.8) is 0 Å². The quantitative estimate of drug-likeness (QED) is 0.393. The zero-order chi connectivity index (χ0) is 25.7. The van der Waals surface area contributed by atoms with Gasteiger partial charge in [0.1, 0.15) is 5.82 Å². The number of rotatable bonds is 6. The van der Waals surface area contributed by atoms with Gasteiger partial charge in [-0.25, -0.2) is 4.98 Å². The molecular weight excluding hydrogens is 468 g/mol. The Balaban J connectivity index is 1.06. The average molecular weight is 511 g/mol. The summed E-state index contributed by atoms with van der Waals surface area (Å²) < 4.78 is 2.54. The van der Waals surface area contributed by atoms with Crippen LogP contribution in [-0.4, -0.2) is 57.0 Å². The van der Waals surface area contributed by atoms with Gasteiger partial charge >= 0.3 is 0 Å². The number of imidazole rings is 1. The first kappa shape index (κ1) is 24.4. The van der Waals surface area contributed by atoms with Crippen LogP contribution < -0.4 is 0 Å². The zero-order valence-corrected chi connectivity index (χ0v) is 22.9. The van der Waals surface area contributed by atoms with Gasteiger partial charge in [0.15, 0.2) is 0 Å². The lowest BCUT2D eigenvalue weighted by Gasteiger charge is -2.46.